The number of anilines is 1. The van der Waals surface area contributed by atoms with Gasteiger partial charge < -0.3 is 14.8 Å². The summed E-state index contributed by atoms with van der Waals surface area (Å²) in [5.74, 6) is 0.813. The molecule has 204 valence electrons. The lowest BCUT2D eigenvalue weighted by atomic mass is 10.0. The van der Waals surface area contributed by atoms with Crippen molar-refractivity contribution in [1.82, 2.24) is 20.3 Å². The average Bonchev–Trinajstić information content (AvgIpc) is 3.33. The third-order valence-electron chi connectivity index (χ3n) is 6.50. The van der Waals surface area contributed by atoms with Crippen molar-refractivity contribution < 1.29 is 19.1 Å². The van der Waals surface area contributed by atoms with E-state index < -0.39 is 6.04 Å². The van der Waals surface area contributed by atoms with Gasteiger partial charge in [0.05, 0.1) is 19.7 Å². The highest BCUT2D eigenvalue weighted by Gasteiger charge is 2.34. The van der Waals surface area contributed by atoms with Gasteiger partial charge in [-0.3, -0.25) is 14.5 Å². The molecule has 9 nitrogen and oxygen atoms in total. The van der Waals surface area contributed by atoms with Gasteiger partial charge in [0.25, 0.3) is 0 Å². The number of fused-ring (bicyclic) bond motifs is 1. The minimum Gasteiger partial charge on any atom is -0.493 e. The summed E-state index contributed by atoms with van der Waals surface area (Å²) in [6.07, 6.45) is 0.813. The first-order chi connectivity index (χ1) is 18.8. The Morgan fingerprint density at radius 2 is 1.74 bits per heavy atom. The molecule has 4 aromatic rings. The number of benzene rings is 3. The first-order valence-corrected chi connectivity index (χ1v) is 13.0. The van der Waals surface area contributed by atoms with E-state index in [4.69, 9.17) is 9.47 Å². The third-order valence-corrected chi connectivity index (χ3v) is 6.50. The van der Waals surface area contributed by atoms with Gasteiger partial charge in [0.2, 0.25) is 11.8 Å². The number of methoxy groups -OCH3 is 2. The normalized spacial score (nSPS) is 11.8. The molecule has 0 aliphatic heterocycles. The topological polar surface area (TPSA) is 98.6 Å². The smallest absolute Gasteiger partial charge is 0.249 e. The van der Waals surface area contributed by atoms with Crippen LogP contribution in [0.25, 0.3) is 11.0 Å². The van der Waals surface area contributed by atoms with E-state index in [0.29, 0.717) is 40.7 Å². The Balaban J connectivity index is 1.81. The summed E-state index contributed by atoms with van der Waals surface area (Å²) in [6.45, 7) is 6.54. The third kappa shape index (κ3) is 6.37. The van der Waals surface area contributed by atoms with E-state index in [-0.39, 0.29) is 18.4 Å². The maximum absolute atomic E-state index is 14.1. The zero-order chi connectivity index (χ0) is 27.9. The van der Waals surface area contributed by atoms with Crippen molar-refractivity contribution in [1.29, 1.82) is 0 Å². The first-order valence-electron chi connectivity index (χ1n) is 13.0. The molecule has 1 N–H and O–H groups in total. The Morgan fingerprint density at radius 1 is 0.974 bits per heavy atom. The standard InChI is InChI=1S/C30H35N5O4/c1-20(2)15-16-31-30(37)29(22-13-14-26(38-4)27(18-22)39-5)35(23-10-8-9-21(3)17-23)28(36)19-34-25-12-7-6-11-24(25)32-33-34/h6-14,17-18,20,29H,15-16,19H2,1-5H3,(H,31,37)/t29-/m0/s1. The Labute approximate surface area is 228 Å². The minimum atomic E-state index is -0.971. The number of aromatic nitrogens is 3. The van der Waals surface area contributed by atoms with Gasteiger partial charge >= 0.3 is 0 Å². The number of rotatable bonds is 11. The lowest BCUT2D eigenvalue weighted by molar-refractivity contribution is -0.127. The molecule has 2 amide bonds. The molecule has 9 heteroatoms. The van der Waals surface area contributed by atoms with Gasteiger partial charge in [-0.2, -0.15) is 0 Å². The van der Waals surface area contributed by atoms with Crippen LogP contribution in [0.15, 0.2) is 66.7 Å². The van der Waals surface area contributed by atoms with Gasteiger partial charge in [0.1, 0.15) is 18.1 Å². The highest BCUT2D eigenvalue weighted by Crippen LogP contribution is 2.35. The second-order valence-electron chi connectivity index (χ2n) is 9.83. The fourth-order valence-corrected chi connectivity index (χ4v) is 4.47. The monoisotopic (exact) mass is 529 g/mol. The summed E-state index contributed by atoms with van der Waals surface area (Å²) in [4.78, 5) is 29.6. The number of carbonyl (C=O) groups excluding carboxylic acids is 2. The Hall–Kier alpha value is -4.40. The maximum atomic E-state index is 14.1. The first kappa shape index (κ1) is 27.6. The number of hydrogen-bond donors (Lipinski definition) is 1. The van der Waals surface area contributed by atoms with E-state index in [1.54, 1.807) is 37.1 Å². The number of para-hydroxylation sites is 1. The molecule has 1 heterocycles. The minimum absolute atomic E-state index is 0.0997. The second kappa shape index (κ2) is 12.4. The number of amides is 2. The van der Waals surface area contributed by atoms with Gasteiger partial charge in [0, 0.05) is 12.2 Å². The van der Waals surface area contributed by atoms with Crippen LogP contribution < -0.4 is 19.7 Å². The van der Waals surface area contributed by atoms with E-state index in [9.17, 15) is 9.59 Å². The molecule has 0 saturated carbocycles. The molecule has 0 saturated heterocycles. The number of nitrogens with one attached hydrogen (secondary N) is 1. The van der Waals surface area contributed by atoms with Crippen LogP contribution in [0.2, 0.25) is 0 Å². The Kier molecular flexibility index (Phi) is 8.81. The molecule has 0 spiro atoms. The van der Waals surface area contributed by atoms with Crippen LogP contribution in [-0.2, 0) is 16.1 Å². The molecule has 0 unspecified atom stereocenters. The predicted molar refractivity (Wildman–Crippen MR) is 151 cm³/mol. The molecule has 0 bridgehead atoms. The molecule has 0 aliphatic carbocycles. The van der Waals surface area contributed by atoms with E-state index in [0.717, 1.165) is 17.5 Å². The molecule has 0 fully saturated rings. The highest BCUT2D eigenvalue weighted by molar-refractivity contribution is 6.01. The number of carbonyl (C=O) groups is 2. The quantitative estimate of drug-likeness (QED) is 0.303. The van der Waals surface area contributed by atoms with Crippen molar-refractivity contribution in [2.45, 2.75) is 39.8 Å². The van der Waals surface area contributed by atoms with Gasteiger partial charge in [-0.1, -0.05) is 49.4 Å². The average molecular weight is 530 g/mol. The van der Waals surface area contributed by atoms with Crippen molar-refractivity contribution in [3.63, 3.8) is 0 Å². The molecule has 0 aliphatic rings. The van der Waals surface area contributed by atoms with Crippen LogP contribution in [0.1, 0.15) is 37.4 Å². The van der Waals surface area contributed by atoms with E-state index in [2.05, 4.69) is 29.5 Å². The SMILES string of the molecule is COc1ccc([C@@H](C(=O)NCCC(C)C)N(C(=O)Cn2nnc3ccccc32)c2cccc(C)c2)cc1OC. The van der Waals surface area contributed by atoms with E-state index in [1.165, 1.54) is 4.90 Å². The fourth-order valence-electron chi connectivity index (χ4n) is 4.47. The van der Waals surface area contributed by atoms with Gasteiger partial charge in [0.15, 0.2) is 11.5 Å². The Morgan fingerprint density at radius 3 is 2.46 bits per heavy atom. The molecular weight excluding hydrogens is 494 g/mol. The summed E-state index contributed by atoms with van der Waals surface area (Å²) < 4.78 is 12.5. The van der Waals surface area contributed by atoms with Crippen LogP contribution in [-0.4, -0.2) is 47.6 Å². The zero-order valence-corrected chi connectivity index (χ0v) is 23.0. The maximum Gasteiger partial charge on any atom is 0.249 e. The van der Waals surface area contributed by atoms with Crippen LogP contribution in [0, 0.1) is 12.8 Å². The van der Waals surface area contributed by atoms with Crippen molar-refractivity contribution >= 4 is 28.5 Å². The summed E-state index contributed by atoms with van der Waals surface area (Å²) in [5, 5.41) is 11.4. The van der Waals surface area contributed by atoms with Crippen molar-refractivity contribution in [2.24, 2.45) is 5.92 Å². The molecule has 4 rings (SSSR count). The summed E-state index contributed by atoms with van der Waals surface area (Å²) in [7, 11) is 3.09. The van der Waals surface area contributed by atoms with Crippen LogP contribution in [0.3, 0.4) is 0 Å². The Bertz CT molecular complexity index is 1450. The van der Waals surface area contributed by atoms with Crippen molar-refractivity contribution in [3.8, 4) is 11.5 Å². The fraction of sp³-hybridized carbons (Fsp3) is 0.333. The number of ether oxygens (including phenoxy) is 2. The van der Waals surface area contributed by atoms with Gasteiger partial charge in [-0.25, -0.2) is 4.68 Å². The number of aryl methyl sites for hydroxylation is 1. The second-order valence-corrected chi connectivity index (χ2v) is 9.83. The highest BCUT2D eigenvalue weighted by atomic mass is 16.5. The largest absolute Gasteiger partial charge is 0.493 e. The molecule has 39 heavy (non-hydrogen) atoms. The molecular formula is C30H35N5O4. The van der Waals surface area contributed by atoms with Crippen LogP contribution >= 0.6 is 0 Å². The molecule has 0 radical (unpaired) electrons. The van der Waals surface area contributed by atoms with Gasteiger partial charge in [-0.15, -0.1) is 5.10 Å². The number of nitrogens with zero attached hydrogens (tertiary/aromatic N) is 4. The summed E-state index contributed by atoms with van der Waals surface area (Å²) >= 11 is 0. The molecule has 1 aromatic heterocycles. The molecule has 1 atom stereocenters. The van der Waals surface area contributed by atoms with Gasteiger partial charge in [-0.05, 0) is 66.8 Å². The van der Waals surface area contributed by atoms with Crippen molar-refractivity contribution in [2.75, 3.05) is 25.7 Å². The zero-order valence-electron chi connectivity index (χ0n) is 23.0. The number of hydrogen-bond acceptors (Lipinski definition) is 6. The summed E-state index contributed by atoms with van der Waals surface area (Å²) in [5.41, 5.74) is 3.58. The van der Waals surface area contributed by atoms with Crippen LogP contribution in [0.4, 0.5) is 5.69 Å². The summed E-state index contributed by atoms with van der Waals surface area (Å²) in [6, 6.07) is 19.3. The molecule has 3 aromatic carbocycles. The lowest BCUT2D eigenvalue weighted by Gasteiger charge is -2.32. The van der Waals surface area contributed by atoms with Crippen LogP contribution in [0.5, 0.6) is 11.5 Å². The lowest BCUT2D eigenvalue weighted by Crippen LogP contribution is -2.45. The van der Waals surface area contributed by atoms with Crippen molar-refractivity contribution in [3.05, 3.63) is 77.9 Å². The van der Waals surface area contributed by atoms with E-state index >= 15 is 0 Å². The predicted octanol–water partition coefficient (Wildman–Crippen LogP) is 4.69. The van der Waals surface area contributed by atoms with E-state index in [1.807, 2.05) is 55.5 Å².